The largest absolute Gasteiger partial charge is 0.495 e. The Bertz CT molecular complexity index is 1240. The molecule has 0 spiro atoms. The first-order valence-electron chi connectivity index (χ1n) is 11.5. The molecule has 0 bridgehead atoms. The average Bonchev–Trinajstić information content (AvgIpc) is 3.43. The lowest BCUT2D eigenvalue weighted by molar-refractivity contribution is -0.116. The Morgan fingerprint density at radius 1 is 1.15 bits per heavy atom. The van der Waals surface area contributed by atoms with Crippen molar-refractivity contribution < 1.29 is 14.3 Å². The van der Waals surface area contributed by atoms with E-state index in [1.807, 2.05) is 41.8 Å². The Morgan fingerprint density at radius 2 is 1.94 bits per heavy atom. The predicted octanol–water partition coefficient (Wildman–Crippen LogP) is 4.30. The Balaban J connectivity index is 1.42. The Labute approximate surface area is 202 Å². The van der Waals surface area contributed by atoms with Gasteiger partial charge in [-0.15, -0.1) is 10.2 Å². The quantitative estimate of drug-likeness (QED) is 0.401. The average molecular weight is 478 g/mol. The lowest BCUT2D eigenvalue weighted by Gasteiger charge is -2.28. The van der Waals surface area contributed by atoms with Crippen LogP contribution in [0, 0.1) is 0 Å². The highest BCUT2D eigenvalue weighted by molar-refractivity contribution is 7.99. The van der Waals surface area contributed by atoms with E-state index < -0.39 is 0 Å². The number of carbonyl (C=O) groups excluding carboxylic acids is 2. The number of ether oxygens (including phenoxy) is 1. The van der Waals surface area contributed by atoms with Gasteiger partial charge in [-0.25, -0.2) is 0 Å². The van der Waals surface area contributed by atoms with Crippen LogP contribution >= 0.6 is 11.8 Å². The molecule has 1 N–H and O–H groups in total. The number of carbonyl (C=O) groups is 2. The third-order valence-electron chi connectivity index (χ3n) is 6.40. The van der Waals surface area contributed by atoms with Crippen molar-refractivity contribution in [2.45, 2.75) is 37.3 Å². The molecule has 5 rings (SSSR count). The van der Waals surface area contributed by atoms with E-state index in [1.54, 1.807) is 19.2 Å². The minimum Gasteiger partial charge on any atom is -0.495 e. The molecule has 2 aliphatic rings. The highest BCUT2D eigenvalue weighted by atomic mass is 32.2. The zero-order valence-electron chi connectivity index (χ0n) is 19.3. The fourth-order valence-electron chi connectivity index (χ4n) is 4.48. The number of para-hydroxylation sites is 2. The summed E-state index contributed by atoms with van der Waals surface area (Å²) in [6.07, 6.45) is 3.46. The second kappa shape index (κ2) is 9.50. The van der Waals surface area contributed by atoms with Crippen molar-refractivity contribution in [3.63, 3.8) is 0 Å². The molecule has 3 heterocycles. The number of hydrogen-bond acceptors (Lipinski definition) is 7. The van der Waals surface area contributed by atoms with Crippen LogP contribution in [0.3, 0.4) is 0 Å². The van der Waals surface area contributed by atoms with Crippen molar-refractivity contribution in [2.75, 3.05) is 36.2 Å². The van der Waals surface area contributed by atoms with Gasteiger partial charge >= 0.3 is 0 Å². The molecule has 2 aliphatic heterocycles. The number of hydrogen-bond donors (Lipinski definition) is 1. The summed E-state index contributed by atoms with van der Waals surface area (Å²) in [7, 11) is 1.65. The van der Waals surface area contributed by atoms with E-state index in [4.69, 9.17) is 4.74 Å². The van der Waals surface area contributed by atoms with Gasteiger partial charge in [-0.3, -0.25) is 14.2 Å². The van der Waals surface area contributed by atoms with E-state index in [0.717, 1.165) is 54.6 Å². The molecule has 0 radical (unpaired) electrons. The van der Waals surface area contributed by atoms with Crippen LogP contribution in [0.15, 0.2) is 47.6 Å². The molecule has 0 aliphatic carbocycles. The first kappa shape index (κ1) is 22.5. The zero-order chi connectivity index (χ0) is 23.7. The van der Waals surface area contributed by atoms with Crippen LogP contribution in [0.5, 0.6) is 5.75 Å². The fraction of sp³-hybridized carbons (Fsp3) is 0.360. The van der Waals surface area contributed by atoms with E-state index in [9.17, 15) is 9.59 Å². The van der Waals surface area contributed by atoms with Crippen LogP contribution in [0.25, 0.3) is 5.69 Å². The van der Waals surface area contributed by atoms with Gasteiger partial charge in [0.1, 0.15) is 5.75 Å². The normalized spacial score (nSPS) is 17.4. The first-order valence-corrected chi connectivity index (χ1v) is 12.5. The predicted molar refractivity (Wildman–Crippen MR) is 133 cm³/mol. The Kier molecular flexibility index (Phi) is 6.28. The number of nitrogens with one attached hydrogen (secondary N) is 1. The van der Waals surface area contributed by atoms with Crippen molar-refractivity contribution in [3.8, 4) is 11.4 Å². The van der Waals surface area contributed by atoms with Crippen LogP contribution < -0.4 is 15.0 Å². The third-order valence-corrected chi connectivity index (χ3v) is 7.33. The van der Waals surface area contributed by atoms with Gasteiger partial charge in [-0.2, -0.15) is 0 Å². The molecule has 0 saturated carbocycles. The van der Waals surface area contributed by atoms with Crippen molar-refractivity contribution >= 4 is 35.1 Å². The molecule has 1 saturated heterocycles. The van der Waals surface area contributed by atoms with Crippen molar-refractivity contribution in [2.24, 2.45) is 0 Å². The van der Waals surface area contributed by atoms with E-state index in [0.29, 0.717) is 10.7 Å². The number of benzene rings is 2. The van der Waals surface area contributed by atoms with E-state index >= 15 is 0 Å². The van der Waals surface area contributed by atoms with Crippen molar-refractivity contribution in [1.29, 1.82) is 0 Å². The minimum atomic E-state index is -0.254. The lowest BCUT2D eigenvalue weighted by atomic mass is 9.99. The zero-order valence-corrected chi connectivity index (χ0v) is 20.1. The molecule has 1 aromatic heterocycles. The molecule has 2 aromatic carbocycles. The fourth-order valence-corrected chi connectivity index (χ4v) is 5.32. The molecule has 9 heteroatoms. The van der Waals surface area contributed by atoms with Crippen LogP contribution in [-0.4, -0.2) is 52.4 Å². The van der Waals surface area contributed by atoms with Gasteiger partial charge in [0.25, 0.3) is 0 Å². The second-order valence-electron chi connectivity index (χ2n) is 8.56. The third kappa shape index (κ3) is 4.16. The van der Waals surface area contributed by atoms with Crippen molar-refractivity contribution in [1.82, 2.24) is 14.8 Å². The molecule has 1 atom stereocenters. The molecule has 8 nitrogen and oxygen atoms in total. The van der Waals surface area contributed by atoms with Crippen LogP contribution in [0.2, 0.25) is 0 Å². The van der Waals surface area contributed by atoms with Gasteiger partial charge in [-0.1, -0.05) is 23.9 Å². The van der Waals surface area contributed by atoms with Gasteiger partial charge in [0, 0.05) is 24.3 Å². The maximum atomic E-state index is 13.1. The molecule has 176 valence electrons. The minimum absolute atomic E-state index is 0.0200. The Morgan fingerprint density at radius 3 is 2.74 bits per heavy atom. The smallest absolute Gasteiger partial charge is 0.232 e. The summed E-state index contributed by atoms with van der Waals surface area (Å²) >= 11 is 1.36. The molecule has 1 amide bonds. The van der Waals surface area contributed by atoms with Gasteiger partial charge in [0.05, 0.1) is 24.5 Å². The lowest BCUT2D eigenvalue weighted by Crippen LogP contribution is -2.31. The van der Waals surface area contributed by atoms with E-state index in [2.05, 4.69) is 20.4 Å². The SMILES string of the molecule is COc1ccccc1-n1c(SCC(=O)c2ccc3c(c2)[C@H](C)C(=O)N3)nnc1N1CCCCC1. The van der Waals surface area contributed by atoms with E-state index in [1.165, 1.54) is 18.2 Å². The van der Waals surface area contributed by atoms with Gasteiger partial charge < -0.3 is 15.0 Å². The number of thioether (sulfide) groups is 1. The van der Waals surface area contributed by atoms with Gasteiger partial charge in [-0.05, 0) is 62.1 Å². The van der Waals surface area contributed by atoms with Crippen LogP contribution in [0.4, 0.5) is 11.6 Å². The summed E-state index contributed by atoms with van der Waals surface area (Å²) in [6.45, 7) is 3.70. The second-order valence-corrected chi connectivity index (χ2v) is 9.50. The molecule has 0 unspecified atom stereocenters. The number of ketones is 1. The number of rotatable bonds is 7. The van der Waals surface area contributed by atoms with Gasteiger partial charge in [0.15, 0.2) is 10.9 Å². The number of methoxy groups -OCH3 is 1. The maximum absolute atomic E-state index is 13.1. The monoisotopic (exact) mass is 477 g/mol. The first-order chi connectivity index (χ1) is 16.6. The summed E-state index contributed by atoms with van der Waals surface area (Å²) in [6, 6.07) is 13.2. The Hall–Kier alpha value is -3.33. The molecular formula is C25H27N5O3S. The summed E-state index contributed by atoms with van der Waals surface area (Å²) < 4.78 is 7.61. The topological polar surface area (TPSA) is 89.3 Å². The number of anilines is 2. The molecule has 1 fully saturated rings. The summed E-state index contributed by atoms with van der Waals surface area (Å²) in [5, 5.41) is 12.5. The standard InChI is InChI=1S/C25H27N5O3S/c1-16-18-14-17(10-11-19(18)26-23(16)32)21(31)15-34-25-28-27-24(29-12-6-3-7-13-29)30(25)20-8-4-5-9-22(20)33-2/h4-5,8-11,14,16H,3,6-7,12-13,15H2,1-2H3,(H,26,32)/t16-/m0/s1. The van der Waals surface area contributed by atoms with Crippen molar-refractivity contribution in [3.05, 3.63) is 53.6 Å². The molecule has 34 heavy (non-hydrogen) atoms. The van der Waals surface area contributed by atoms with Crippen LogP contribution in [0.1, 0.15) is 48.0 Å². The highest BCUT2D eigenvalue weighted by Gasteiger charge is 2.28. The highest BCUT2D eigenvalue weighted by Crippen LogP contribution is 2.35. The summed E-state index contributed by atoms with van der Waals surface area (Å²) in [5.74, 6) is 1.39. The van der Waals surface area contributed by atoms with E-state index in [-0.39, 0.29) is 23.4 Å². The summed E-state index contributed by atoms with van der Waals surface area (Å²) in [4.78, 5) is 27.3. The van der Waals surface area contributed by atoms with Crippen LogP contribution in [-0.2, 0) is 4.79 Å². The maximum Gasteiger partial charge on any atom is 0.232 e. The summed E-state index contributed by atoms with van der Waals surface area (Å²) in [5.41, 5.74) is 3.09. The number of aromatic nitrogens is 3. The molecular weight excluding hydrogens is 450 g/mol. The van der Waals surface area contributed by atoms with Gasteiger partial charge in [0.2, 0.25) is 11.9 Å². The number of piperidine rings is 1. The number of amides is 1. The number of fused-ring (bicyclic) bond motifs is 1. The number of nitrogens with zero attached hydrogens (tertiary/aromatic N) is 4. The number of Topliss-reactive ketones (excluding diaryl/α,β-unsaturated/α-hetero) is 1. The molecule has 3 aromatic rings.